The number of aryl methyl sites for hydroxylation is 1. The summed E-state index contributed by atoms with van der Waals surface area (Å²) in [6.07, 6.45) is 5.87. The van der Waals surface area contributed by atoms with E-state index in [1.54, 1.807) is 0 Å². The first-order valence-corrected chi connectivity index (χ1v) is 13.8. The van der Waals surface area contributed by atoms with E-state index < -0.39 is 7.26 Å². The number of hydrogen-bond acceptors (Lipinski definition) is 0. The van der Waals surface area contributed by atoms with Crippen molar-refractivity contribution in [3.05, 3.63) is 126 Å². The first-order valence-electron chi connectivity index (χ1n) is 11.2. The van der Waals surface area contributed by atoms with Crippen LogP contribution in [0.2, 0.25) is 5.02 Å². The summed E-state index contributed by atoms with van der Waals surface area (Å²) in [7, 11) is -2.09. The van der Waals surface area contributed by atoms with Gasteiger partial charge < -0.3 is 0 Å². The number of unbranched alkanes of at least 4 members (excludes halogenated alkanes) is 2. The Morgan fingerprint density at radius 1 is 0.500 bits per heavy atom. The molecule has 0 aliphatic heterocycles. The first kappa shape index (κ1) is 24.7. The van der Waals surface area contributed by atoms with Gasteiger partial charge in [-0.3, -0.25) is 0 Å². The van der Waals surface area contributed by atoms with Gasteiger partial charge in [0.15, 0.2) is 0 Å². The molecule has 0 aromatic heterocycles. The van der Waals surface area contributed by atoms with Gasteiger partial charge in [-0.25, -0.2) is 0 Å². The minimum absolute atomic E-state index is 0. The minimum atomic E-state index is -2.09. The van der Waals surface area contributed by atoms with Gasteiger partial charge in [-0.2, -0.15) is 0 Å². The molecule has 0 aliphatic rings. The molecule has 0 unspecified atom stereocenters. The van der Waals surface area contributed by atoms with Crippen molar-refractivity contribution in [1.82, 2.24) is 0 Å². The van der Waals surface area contributed by atoms with E-state index >= 15 is 0 Å². The standard InChI is InChI=1S/C29H30ClP.BrH/c30-29-23-13-12-16-25(29)15-5-4-14-24-31(26-17-6-1-7-18-26,27-19-8-2-9-20-27)28-21-10-3-11-22-28;/h1-3,6-13,16-23,31H,4-5,14-15,24H2;1H. The summed E-state index contributed by atoms with van der Waals surface area (Å²) in [5, 5.41) is 5.39. The van der Waals surface area contributed by atoms with Crippen molar-refractivity contribution in [2.75, 3.05) is 6.16 Å². The summed E-state index contributed by atoms with van der Waals surface area (Å²) in [6.45, 7) is 0. The Bertz CT molecular complexity index is 971. The predicted octanol–water partition coefficient (Wildman–Crippen LogP) is 7.36. The Balaban J connectivity index is 0.00000289. The summed E-state index contributed by atoms with van der Waals surface area (Å²) < 4.78 is 0. The normalized spacial score (nSPS) is 11.5. The van der Waals surface area contributed by atoms with Crippen molar-refractivity contribution in [2.24, 2.45) is 0 Å². The average Bonchev–Trinajstić information content (AvgIpc) is 2.84. The van der Waals surface area contributed by atoms with Crippen molar-refractivity contribution < 1.29 is 0 Å². The molecule has 0 nitrogen and oxygen atoms in total. The van der Waals surface area contributed by atoms with Crippen molar-refractivity contribution >= 4 is 51.8 Å². The molecule has 0 heterocycles. The zero-order chi connectivity index (χ0) is 21.4. The number of hydrogen-bond donors (Lipinski definition) is 0. The van der Waals surface area contributed by atoms with E-state index in [4.69, 9.17) is 11.6 Å². The van der Waals surface area contributed by atoms with E-state index in [9.17, 15) is 0 Å². The zero-order valence-electron chi connectivity index (χ0n) is 18.3. The molecule has 0 spiro atoms. The molecular weight excluding hydrogens is 495 g/mol. The topological polar surface area (TPSA) is 0 Å². The van der Waals surface area contributed by atoms with Crippen LogP contribution in [0.25, 0.3) is 0 Å². The molecule has 4 aromatic carbocycles. The molecule has 3 heteroatoms. The van der Waals surface area contributed by atoms with Crippen LogP contribution in [0.3, 0.4) is 0 Å². The van der Waals surface area contributed by atoms with Gasteiger partial charge in [-0.1, -0.05) is 0 Å². The van der Waals surface area contributed by atoms with E-state index in [1.807, 2.05) is 12.1 Å². The van der Waals surface area contributed by atoms with E-state index in [0.717, 1.165) is 11.4 Å². The van der Waals surface area contributed by atoms with Gasteiger partial charge in [0, 0.05) is 0 Å². The molecule has 0 aliphatic carbocycles. The second kappa shape index (κ2) is 12.4. The molecule has 4 rings (SSSR count). The molecule has 32 heavy (non-hydrogen) atoms. The van der Waals surface area contributed by atoms with Crippen LogP contribution in [0.4, 0.5) is 0 Å². The molecule has 0 amide bonds. The van der Waals surface area contributed by atoms with E-state index in [-0.39, 0.29) is 17.0 Å². The van der Waals surface area contributed by atoms with Crippen molar-refractivity contribution in [1.29, 1.82) is 0 Å². The van der Waals surface area contributed by atoms with Crippen LogP contribution < -0.4 is 15.9 Å². The Morgan fingerprint density at radius 2 is 0.938 bits per heavy atom. The van der Waals surface area contributed by atoms with Gasteiger partial charge in [0.25, 0.3) is 0 Å². The fraction of sp³-hybridized carbons (Fsp3) is 0.172. The van der Waals surface area contributed by atoms with Crippen molar-refractivity contribution in [3.8, 4) is 0 Å². The molecule has 0 saturated carbocycles. The summed E-state index contributed by atoms with van der Waals surface area (Å²) in [5.41, 5.74) is 1.27. The van der Waals surface area contributed by atoms with Gasteiger partial charge in [0.05, 0.1) is 0 Å². The van der Waals surface area contributed by atoms with Crippen molar-refractivity contribution in [3.63, 3.8) is 0 Å². The van der Waals surface area contributed by atoms with E-state index in [2.05, 4.69) is 103 Å². The van der Waals surface area contributed by atoms with Gasteiger partial charge in [-0.15, -0.1) is 17.0 Å². The SMILES string of the molecule is Br.Clc1ccccc1CCCCC[PH](c1ccccc1)(c1ccccc1)c1ccccc1. The molecule has 0 atom stereocenters. The van der Waals surface area contributed by atoms with E-state index in [0.29, 0.717) is 0 Å². The average molecular weight is 526 g/mol. The monoisotopic (exact) mass is 524 g/mol. The number of rotatable bonds is 9. The van der Waals surface area contributed by atoms with Gasteiger partial charge in [-0.05, 0) is 0 Å². The third kappa shape index (κ3) is 5.70. The first-order chi connectivity index (χ1) is 15.3. The maximum absolute atomic E-state index is 6.36. The fourth-order valence-electron chi connectivity index (χ4n) is 4.68. The van der Waals surface area contributed by atoms with Gasteiger partial charge in [0.1, 0.15) is 0 Å². The Kier molecular flexibility index (Phi) is 9.54. The zero-order valence-corrected chi connectivity index (χ0v) is 21.8. The molecule has 4 aromatic rings. The Hall–Kier alpha value is -1.92. The summed E-state index contributed by atoms with van der Waals surface area (Å²) in [6, 6.07) is 41.8. The summed E-state index contributed by atoms with van der Waals surface area (Å²) in [5.74, 6) is 0. The van der Waals surface area contributed by atoms with Crippen LogP contribution in [-0.2, 0) is 6.42 Å². The quantitative estimate of drug-likeness (QED) is 0.158. The third-order valence-electron chi connectivity index (χ3n) is 6.26. The molecule has 0 saturated heterocycles. The van der Waals surface area contributed by atoms with Crippen LogP contribution in [0, 0.1) is 0 Å². The maximum atomic E-state index is 6.36. The fourth-order valence-corrected chi connectivity index (χ4v) is 9.85. The Morgan fingerprint density at radius 3 is 1.41 bits per heavy atom. The van der Waals surface area contributed by atoms with Gasteiger partial charge in [0.2, 0.25) is 0 Å². The molecule has 166 valence electrons. The second-order valence-electron chi connectivity index (χ2n) is 8.16. The molecule has 0 fully saturated rings. The summed E-state index contributed by atoms with van der Waals surface area (Å²) in [4.78, 5) is 0. The third-order valence-corrected chi connectivity index (χ3v) is 11.7. The van der Waals surface area contributed by atoms with Crippen LogP contribution in [-0.4, -0.2) is 6.16 Å². The summed E-state index contributed by atoms with van der Waals surface area (Å²) >= 11 is 6.36. The number of halogens is 2. The second-order valence-corrected chi connectivity index (χ2v) is 12.6. The predicted molar refractivity (Wildman–Crippen MR) is 151 cm³/mol. The number of benzene rings is 4. The molecule has 0 N–H and O–H groups in total. The van der Waals surface area contributed by atoms with Gasteiger partial charge >= 0.3 is 192 Å². The molecular formula is C29H31BrClP. The van der Waals surface area contributed by atoms with E-state index in [1.165, 1.54) is 46.9 Å². The van der Waals surface area contributed by atoms with Crippen LogP contribution >= 0.6 is 35.8 Å². The molecule has 0 radical (unpaired) electrons. The van der Waals surface area contributed by atoms with Crippen LogP contribution in [0.5, 0.6) is 0 Å². The Labute approximate surface area is 208 Å². The van der Waals surface area contributed by atoms with Crippen LogP contribution in [0.1, 0.15) is 24.8 Å². The van der Waals surface area contributed by atoms with Crippen LogP contribution in [0.15, 0.2) is 115 Å². The molecule has 0 bridgehead atoms. The van der Waals surface area contributed by atoms with Crippen molar-refractivity contribution in [2.45, 2.75) is 25.7 Å².